The van der Waals surface area contributed by atoms with Gasteiger partial charge in [0.2, 0.25) is 5.91 Å². The molecular formula is C16H20N2O4. The van der Waals surface area contributed by atoms with Gasteiger partial charge in [0.05, 0.1) is 18.4 Å². The van der Waals surface area contributed by atoms with Gasteiger partial charge < -0.3 is 15.4 Å². The van der Waals surface area contributed by atoms with Gasteiger partial charge in [-0.15, -0.1) is 0 Å². The van der Waals surface area contributed by atoms with Gasteiger partial charge in [-0.25, -0.2) is 4.79 Å². The van der Waals surface area contributed by atoms with Crippen molar-refractivity contribution in [2.75, 3.05) is 7.11 Å². The Labute approximate surface area is 129 Å². The van der Waals surface area contributed by atoms with Crippen LogP contribution in [0, 0.1) is 0 Å². The van der Waals surface area contributed by atoms with Crippen molar-refractivity contribution < 1.29 is 19.1 Å². The highest BCUT2D eigenvalue weighted by molar-refractivity contribution is 6.00. The van der Waals surface area contributed by atoms with Crippen molar-refractivity contribution in [2.45, 2.75) is 25.3 Å². The summed E-state index contributed by atoms with van der Waals surface area (Å²) in [6, 6.07) is -0.801. The summed E-state index contributed by atoms with van der Waals surface area (Å²) in [6.07, 6.45) is 7.28. The zero-order valence-electron chi connectivity index (χ0n) is 12.6. The molecule has 1 aliphatic rings. The monoisotopic (exact) mass is 304 g/mol. The van der Waals surface area contributed by atoms with Gasteiger partial charge in [-0.05, 0) is 18.9 Å². The zero-order chi connectivity index (χ0) is 16.5. The minimum atomic E-state index is -0.801. The molecule has 2 N–H and O–H groups in total. The Morgan fingerprint density at radius 2 is 2.05 bits per heavy atom. The highest BCUT2D eigenvalue weighted by Gasteiger charge is 2.23. The molecule has 0 saturated carbocycles. The zero-order valence-corrected chi connectivity index (χ0v) is 12.6. The van der Waals surface area contributed by atoms with Crippen LogP contribution in [-0.4, -0.2) is 30.9 Å². The maximum atomic E-state index is 12.3. The van der Waals surface area contributed by atoms with Crippen molar-refractivity contribution in [3.05, 3.63) is 48.7 Å². The summed E-state index contributed by atoms with van der Waals surface area (Å²) in [5.41, 5.74) is 0.396. The van der Waals surface area contributed by atoms with Crippen molar-refractivity contribution in [3.8, 4) is 0 Å². The number of carbonyl (C=O) groups is 3. The molecule has 0 aliphatic carbocycles. The minimum Gasteiger partial charge on any atom is -0.467 e. The number of hydrogen-bond donors (Lipinski definition) is 2. The van der Waals surface area contributed by atoms with Crippen LogP contribution in [0.5, 0.6) is 0 Å². The van der Waals surface area contributed by atoms with Crippen LogP contribution in [-0.2, 0) is 19.1 Å². The average Bonchev–Trinajstić information content (AvgIpc) is 2.51. The number of ether oxygens (including phenoxy) is 1. The lowest BCUT2D eigenvalue weighted by Crippen LogP contribution is -2.42. The molecule has 6 heteroatoms. The van der Waals surface area contributed by atoms with Crippen LogP contribution in [0.1, 0.15) is 19.3 Å². The first-order valence-corrected chi connectivity index (χ1v) is 6.86. The third-order valence-corrected chi connectivity index (χ3v) is 3.08. The van der Waals surface area contributed by atoms with Gasteiger partial charge in [-0.3, -0.25) is 9.59 Å². The second-order valence-electron chi connectivity index (χ2n) is 4.58. The van der Waals surface area contributed by atoms with Gasteiger partial charge in [-0.2, -0.15) is 0 Å². The predicted octanol–water partition coefficient (Wildman–Crippen LogP) is 1.13. The number of carbonyl (C=O) groups excluding carboxylic acids is 3. The van der Waals surface area contributed by atoms with Gasteiger partial charge >= 0.3 is 5.97 Å². The highest BCUT2D eigenvalue weighted by atomic mass is 16.5. The summed E-state index contributed by atoms with van der Waals surface area (Å²) in [5, 5.41) is 5.19. The molecule has 2 amide bonds. The maximum Gasteiger partial charge on any atom is 0.328 e. The number of hydrogen-bond acceptors (Lipinski definition) is 4. The van der Waals surface area contributed by atoms with Crippen LogP contribution in [0.3, 0.4) is 0 Å². The van der Waals surface area contributed by atoms with Crippen LogP contribution < -0.4 is 10.6 Å². The SMILES string of the molecule is C=C/C1=C(\C=C)C(=O)NC(C(=O)OC)C/C=C/CCC(=O)N1. The van der Waals surface area contributed by atoms with E-state index in [2.05, 4.69) is 28.5 Å². The van der Waals surface area contributed by atoms with Gasteiger partial charge in [0.15, 0.2) is 0 Å². The fourth-order valence-corrected chi connectivity index (χ4v) is 1.92. The standard InChI is InChI=1S/C16H20N2O4/c1-4-11-12(5-2)17-14(19)10-8-6-7-9-13(16(21)22-3)18-15(11)20/h4-7,13H,1-2,8-10H2,3H3,(H,17,19)(H,18,20)/b7-6+,12-11-. The number of amides is 2. The lowest BCUT2D eigenvalue weighted by atomic mass is 10.1. The van der Waals surface area contributed by atoms with Crippen LogP contribution >= 0.6 is 0 Å². The fourth-order valence-electron chi connectivity index (χ4n) is 1.92. The number of allylic oxidation sites excluding steroid dienone is 2. The van der Waals surface area contributed by atoms with Gasteiger partial charge in [0, 0.05) is 6.42 Å². The molecule has 0 radical (unpaired) electrons. The summed E-state index contributed by atoms with van der Waals surface area (Å²) in [6.45, 7) is 7.15. The maximum absolute atomic E-state index is 12.3. The normalized spacial score (nSPS) is 24.9. The Kier molecular flexibility index (Phi) is 6.82. The molecule has 6 nitrogen and oxygen atoms in total. The molecule has 0 aromatic heterocycles. The number of esters is 1. The van der Waals surface area contributed by atoms with Gasteiger partial charge in [-0.1, -0.05) is 31.4 Å². The van der Waals surface area contributed by atoms with Crippen LogP contribution in [0.2, 0.25) is 0 Å². The molecule has 0 bridgehead atoms. The second kappa shape index (κ2) is 8.61. The van der Waals surface area contributed by atoms with E-state index in [0.29, 0.717) is 6.42 Å². The first-order valence-electron chi connectivity index (χ1n) is 6.86. The van der Waals surface area contributed by atoms with Crippen molar-refractivity contribution in [1.29, 1.82) is 0 Å². The molecule has 118 valence electrons. The van der Waals surface area contributed by atoms with Crippen molar-refractivity contribution in [2.24, 2.45) is 0 Å². The first-order chi connectivity index (χ1) is 10.5. The Hall–Kier alpha value is -2.63. The molecule has 0 fully saturated rings. The average molecular weight is 304 g/mol. The Morgan fingerprint density at radius 1 is 1.32 bits per heavy atom. The van der Waals surface area contributed by atoms with E-state index >= 15 is 0 Å². The summed E-state index contributed by atoms with van der Waals surface area (Å²) in [4.78, 5) is 35.8. The molecule has 0 aromatic rings. The predicted molar refractivity (Wildman–Crippen MR) is 82.5 cm³/mol. The molecule has 1 aliphatic heterocycles. The molecule has 1 atom stereocenters. The summed E-state index contributed by atoms with van der Waals surface area (Å²) >= 11 is 0. The van der Waals surface area contributed by atoms with Crippen molar-refractivity contribution >= 4 is 17.8 Å². The molecule has 1 unspecified atom stereocenters. The van der Waals surface area contributed by atoms with E-state index in [1.807, 2.05) is 0 Å². The summed E-state index contributed by atoms with van der Waals surface area (Å²) in [5.74, 6) is -1.30. The van der Waals surface area contributed by atoms with E-state index in [-0.39, 0.29) is 30.0 Å². The third-order valence-electron chi connectivity index (χ3n) is 3.08. The first kappa shape index (κ1) is 17.4. The lowest BCUT2D eigenvalue weighted by Gasteiger charge is -2.17. The number of rotatable bonds is 3. The highest BCUT2D eigenvalue weighted by Crippen LogP contribution is 2.09. The summed E-state index contributed by atoms with van der Waals surface area (Å²) in [7, 11) is 1.26. The molecular weight excluding hydrogens is 284 g/mol. The van der Waals surface area contributed by atoms with E-state index in [4.69, 9.17) is 0 Å². The largest absolute Gasteiger partial charge is 0.467 e. The molecule has 0 spiro atoms. The molecule has 1 rings (SSSR count). The van der Waals surface area contributed by atoms with E-state index in [1.54, 1.807) is 12.2 Å². The van der Waals surface area contributed by atoms with Gasteiger partial charge in [0.25, 0.3) is 5.91 Å². The van der Waals surface area contributed by atoms with Gasteiger partial charge in [0.1, 0.15) is 6.04 Å². The van der Waals surface area contributed by atoms with Crippen molar-refractivity contribution in [1.82, 2.24) is 10.6 Å². The molecule has 0 aromatic carbocycles. The lowest BCUT2D eigenvalue weighted by molar-refractivity contribution is -0.144. The van der Waals surface area contributed by atoms with Crippen molar-refractivity contribution in [3.63, 3.8) is 0 Å². The quantitative estimate of drug-likeness (QED) is 0.604. The number of methoxy groups -OCH3 is 1. The smallest absolute Gasteiger partial charge is 0.328 e. The third kappa shape index (κ3) is 4.73. The van der Waals surface area contributed by atoms with E-state index in [1.165, 1.54) is 19.3 Å². The number of nitrogens with one attached hydrogen (secondary N) is 2. The molecule has 22 heavy (non-hydrogen) atoms. The molecule has 1 heterocycles. The van der Waals surface area contributed by atoms with Crippen LogP contribution in [0.4, 0.5) is 0 Å². The van der Waals surface area contributed by atoms with E-state index in [9.17, 15) is 14.4 Å². The van der Waals surface area contributed by atoms with Crippen LogP contribution in [0.15, 0.2) is 48.7 Å². The fraction of sp³-hybridized carbons (Fsp3) is 0.312. The Bertz CT molecular complexity index is 546. The second-order valence-corrected chi connectivity index (χ2v) is 4.58. The summed E-state index contributed by atoms with van der Waals surface area (Å²) < 4.78 is 4.68. The van der Waals surface area contributed by atoms with E-state index in [0.717, 1.165) is 0 Å². The molecule has 0 saturated heterocycles. The van der Waals surface area contributed by atoms with Crippen LogP contribution in [0.25, 0.3) is 0 Å². The topological polar surface area (TPSA) is 84.5 Å². The minimum absolute atomic E-state index is 0.141. The Balaban J connectivity index is 3.16. The Morgan fingerprint density at radius 3 is 2.64 bits per heavy atom. The van der Waals surface area contributed by atoms with E-state index < -0.39 is 17.9 Å².